The number of benzene rings is 2. The molecule has 2 heterocycles. The van der Waals surface area contributed by atoms with Crippen LogP contribution >= 0.6 is 11.3 Å². The van der Waals surface area contributed by atoms with Gasteiger partial charge in [0.2, 0.25) is 0 Å². The number of thiophene rings is 1. The zero-order valence-electron chi connectivity index (χ0n) is 22.3. The van der Waals surface area contributed by atoms with Crippen LogP contribution in [-0.2, 0) is 16.4 Å². The van der Waals surface area contributed by atoms with Crippen molar-refractivity contribution in [3.63, 3.8) is 0 Å². The molecule has 208 valence electrons. The fourth-order valence-electron chi connectivity index (χ4n) is 7.95. The summed E-state index contributed by atoms with van der Waals surface area (Å²) in [7, 11) is -3.83. The number of sulfonamides is 1. The van der Waals surface area contributed by atoms with E-state index in [1.807, 2.05) is 24.3 Å². The lowest BCUT2D eigenvalue weighted by atomic mass is 9.53. The van der Waals surface area contributed by atoms with Crippen LogP contribution in [0, 0.1) is 17.8 Å². The summed E-state index contributed by atoms with van der Waals surface area (Å²) in [5.41, 5.74) is 1.88. The van der Waals surface area contributed by atoms with E-state index in [2.05, 4.69) is 10.6 Å². The number of carbonyl (C=O) groups excluding carboxylic acids is 2. The van der Waals surface area contributed by atoms with Crippen molar-refractivity contribution < 1.29 is 18.0 Å². The zero-order valence-corrected chi connectivity index (χ0v) is 23.9. The van der Waals surface area contributed by atoms with Gasteiger partial charge in [-0.2, -0.15) is 0 Å². The van der Waals surface area contributed by atoms with Crippen molar-refractivity contribution in [1.82, 2.24) is 5.32 Å². The van der Waals surface area contributed by atoms with Gasteiger partial charge in [0.05, 0.1) is 20.5 Å². The monoisotopic (exact) mass is 575 g/mol. The third kappa shape index (κ3) is 4.63. The number of anilines is 2. The first-order chi connectivity index (χ1) is 19.3. The number of hydrogen-bond donors (Lipinski definition) is 2. The number of nitrogens with one attached hydrogen (secondary N) is 2. The Morgan fingerprint density at radius 1 is 0.875 bits per heavy atom. The summed E-state index contributed by atoms with van der Waals surface area (Å²) >= 11 is 1.25. The van der Waals surface area contributed by atoms with E-state index in [0.29, 0.717) is 22.1 Å². The summed E-state index contributed by atoms with van der Waals surface area (Å²) in [6.45, 7) is 0.402. The van der Waals surface area contributed by atoms with Gasteiger partial charge in [-0.05, 0) is 111 Å². The van der Waals surface area contributed by atoms with Crippen LogP contribution in [0.15, 0.2) is 65.6 Å². The molecule has 8 rings (SSSR count). The number of fused-ring (bicyclic) bond motifs is 1. The minimum absolute atomic E-state index is 0.0673. The summed E-state index contributed by atoms with van der Waals surface area (Å²) < 4.78 is 28.6. The molecule has 7 nitrogen and oxygen atoms in total. The molecule has 0 unspecified atom stereocenters. The first-order valence-electron chi connectivity index (χ1n) is 14.2. The fraction of sp³-hybridized carbons (Fsp3) is 0.419. The molecular weight excluding hydrogens is 542 g/mol. The molecule has 0 atom stereocenters. The van der Waals surface area contributed by atoms with Crippen molar-refractivity contribution in [1.29, 1.82) is 0 Å². The zero-order chi connectivity index (χ0) is 27.5. The molecule has 40 heavy (non-hydrogen) atoms. The molecule has 0 saturated heterocycles. The lowest BCUT2D eigenvalue weighted by Gasteiger charge is -2.56. The van der Waals surface area contributed by atoms with Crippen LogP contribution in [0.4, 0.5) is 10.7 Å². The Labute approximate surface area is 239 Å². The van der Waals surface area contributed by atoms with Crippen molar-refractivity contribution in [3.8, 4) is 0 Å². The molecule has 5 aliphatic rings. The Morgan fingerprint density at radius 3 is 2.35 bits per heavy atom. The summed E-state index contributed by atoms with van der Waals surface area (Å²) in [5, 5.41) is 6.80. The van der Waals surface area contributed by atoms with Crippen LogP contribution < -0.4 is 14.9 Å². The van der Waals surface area contributed by atoms with E-state index in [9.17, 15) is 18.0 Å². The van der Waals surface area contributed by atoms with Crippen LogP contribution in [0.3, 0.4) is 0 Å². The molecule has 4 bridgehead atoms. The van der Waals surface area contributed by atoms with Gasteiger partial charge < -0.3 is 10.6 Å². The van der Waals surface area contributed by atoms with Gasteiger partial charge in [0.25, 0.3) is 21.8 Å². The van der Waals surface area contributed by atoms with Gasteiger partial charge >= 0.3 is 0 Å². The van der Waals surface area contributed by atoms with Crippen LogP contribution in [0.5, 0.6) is 0 Å². The average molecular weight is 576 g/mol. The van der Waals surface area contributed by atoms with Gasteiger partial charge in [-0.15, -0.1) is 11.3 Å². The van der Waals surface area contributed by atoms with Crippen molar-refractivity contribution >= 4 is 43.9 Å². The van der Waals surface area contributed by atoms with Crippen LogP contribution in [0.1, 0.15) is 70.5 Å². The van der Waals surface area contributed by atoms with E-state index >= 15 is 0 Å². The van der Waals surface area contributed by atoms with E-state index in [4.69, 9.17) is 0 Å². The molecule has 3 aromatic rings. The standard InChI is InChI=1S/C31H33N3O4S2/c35-29(24-6-3-8-25(16-24)40(37,38)34-12-4-7-23-5-1-2-9-26(23)34)32-28-11-10-27(39-28)30(36)33-31-17-20-13-21(18-31)15-22(14-20)19-31/h1-3,5-6,8-11,16,20-22H,4,7,12-15,17-19H2,(H,32,35)(H,33,36). The molecule has 0 spiro atoms. The second kappa shape index (κ2) is 9.73. The SMILES string of the molecule is O=C(Nc1ccc(C(=O)NC23CC4CC(CC(C4)C2)C3)s1)c1cccc(S(=O)(=O)N2CCCc3ccccc32)c1. The minimum atomic E-state index is -3.83. The Balaban J connectivity index is 1.05. The first kappa shape index (κ1) is 25.8. The molecule has 2 N–H and O–H groups in total. The van der Waals surface area contributed by atoms with E-state index in [0.717, 1.165) is 55.4 Å². The number of amides is 2. The maximum Gasteiger partial charge on any atom is 0.264 e. The summed E-state index contributed by atoms with van der Waals surface area (Å²) in [6, 6.07) is 17.2. The highest BCUT2D eigenvalue weighted by molar-refractivity contribution is 7.92. The molecule has 4 saturated carbocycles. The molecule has 2 aromatic carbocycles. The smallest absolute Gasteiger partial charge is 0.264 e. The molecule has 4 fully saturated rings. The average Bonchev–Trinajstić information content (AvgIpc) is 3.40. The van der Waals surface area contributed by atoms with Crippen LogP contribution in [0.2, 0.25) is 0 Å². The number of nitrogens with zero attached hydrogens (tertiary/aromatic N) is 1. The van der Waals surface area contributed by atoms with Crippen molar-refractivity contribution in [2.45, 2.75) is 61.8 Å². The van der Waals surface area contributed by atoms with E-state index in [1.54, 1.807) is 24.3 Å². The predicted molar refractivity (Wildman–Crippen MR) is 156 cm³/mol. The highest BCUT2D eigenvalue weighted by atomic mass is 32.2. The van der Waals surface area contributed by atoms with Gasteiger partial charge in [0.1, 0.15) is 0 Å². The minimum Gasteiger partial charge on any atom is -0.346 e. The van der Waals surface area contributed by atoms with E-state index < -0.39 is 15.9 Å². The second-order valence-corrected chi connectivity index (χ2v) is 15.1. The molecular formula is C31H33N3O4S2. The summed E-state index contributed by atoms with van der Waals surface area (Å²) in [6.07, 6.45) is 8.79. The maximum absolute atomic E-state index is 13.6. The van der Waals surface area contributed by atoms with Crippen molar-refractivity contribution in [3.05, 3.63) is 76.7 Å². The summed E-state index contributed by atoms with van der Waals surface area (Å²) in [4.78, 5) is 27.0. The molecule has 2 amide bonds. The van der Waals surface area contributed by atoms with Crippen molar-refractivity contribution in [2.24, 2.45) is 17.8 Å². The first-order valence-corrected chi connectivity index (χ1v) is 16.5. The van der Waals surface area contributed by atoms with E-state index in [-0.39, 0.29) is 21.9 Å². The normalized spacial score (nSPS) is 26.8. The molecule has 1 aromatic heterocycles. The Bertz CT molecular complexity index is 1560. The van der Waals surface area contributed by atoms with Crippen LogP contribution in [0.25, 0.3) is 0 Å². The van der Waals surface area contributed by atoms with Crippen LogP contribution in [-0.4, -0.2) is 32.3 Å². The second-order valence-electron chi connectivity index (χ2n) is 12.1. The predicted octanol–water partition coefficient (Wildman–Crippen LogP) is 5.84. The lowest BCUT2D eigenvalue weighted by Crippen LogP contribution is -2.59. The van der Waals surface area contributed by atoms with E-state index in [1.165, 1.54) is 47.0 Å². The highest BCUT2D eigenvalue weighted by Gasteiger charge is 2.51. The van der Waals surface area contributed by atoms with Gasteiger partial charge in [0.15, 0.2) is 0 Å². The Kier molecular flexibility index (Phi) is 6.27. The number of para-hydroxylation sites is 1. The highest BCUT2D eigenvalue weighted by Crippen LogP contribution is 2.55. The third-order valence-electron chi connectivity index (χ3n) is 9.24. The van der Waals surface area contributed by atoms with Gasteiger partial charge in [-0.25, -0.2) is 8.42 Å². The molecule has 4 aliphatic carbocycles. The largest absolute Gasteiger partial charge is 0.346 e. The molecule has 9 heteroatoms. The Morgan fingerprint density at radius 2 is 1.60 bits per heavy atom. The number of aryl methyl sites for hydroxylation is 1. The Hall–Kier alpha value is -3.17. The van der Waals surface area contributed by atoms with Gasteiger partial charge in [0, 0.05) is 17.6 Å². The number of hydrogen-bond acceptors (Lipinski definition) is 5. The quantitative estimate of drug-likeness (QED) is 0.386. The third-order valence-corrected chi connectivity index (χ3v) is 12.0. The number of carbonyl (C=O) groups is 2. The summed E-state index contributed by atoms with van der Waals surface area (Å²) in [5.74, 6) is 1.75. The topological polar surface area (TPSA) is 95.6 Å². The van der Waals surface area contributed by atoms with Gasteiger partial charge in [-0.1, -0.05) is 24.3 Å². The fourth-order valence-corrected chi connectivity index (χ4v) is 10.3. The number of rotatable bonds is 6. The molecule has 1 aliphatic heterocycles. The maximum atomic E-state index is 13.6. The van der Waals surface area contributed by atoms with Crippen molar-refractivity contribution in [2.75, 3.05) is 16.2 Å². The van der Waals surface area contributed by atoms with Gasteiger partial charge in [-0.3, -0.25) is 13.9 Å². The lowest BCUT2D eigenvalue weighted by molar-refractivity contribution is -0.0166. The molecule has 0 radical (unpaired) electrons.